The third-order valence-corrected chi connectivity index (χ3v) is 3.80. The lowest BCUT2D eigenvalue weighted by molar-refractivity contribution is -0.137. The lowest BCUT2D eigenvalue weighted by Gasteiger charge is -2.17. The maximum atomic E-state index is 11.5. The minimum atomic E-state index is -3.58. The minimum Gasteiger partial charge on any atom is -0.481 e. The Hall–Kier alpha value is -1.44. The monoisotopic (exact) mass is 286 g/mol. The molecule has 1 rings (SSSR count). The minimum absolute atomic E-state index is 0.0796. The van der Waals surface area contributed by atoms with Crippen LogP contribution in [0.3, 0.4) is 0 Å². The summed E-state index contributed by atoms with van der Waals surface area (Å²) in [6, 6.07) is 8.89. The van der Waals surface area contributed by atoms with Crippen molar-refractivity contribution in [3.8, 4) is 0 Å². The SMILES string of the molecule is CNS(=O)(=O)NC(CCC(=O)O)Cc1ccccc1. The molecule has 19 heavy (non-hydrogen) atoms. The van der Waals surface area contributed by atoms with Crippen LogP contribution < -0.4 is 9.44 Å². The fraction of sp³-hybridized carbons (Fsp3) is 0.417. The van der Waals surface area contributed by atoms with Crippen molar-refractivity contribution in [2.24, 2.45) is 0 Å². The maximum absolute atomic E-state index is 11.5. The van der Waals surface area contributed by atoms with Gasteiger partial charge < -0.3 is 5.11 Å². The van der Waals surface area contributed by atoms with Crippen molar-refractivity contribution in [3.63, 3.8) is 0 Å². The molecule has 0 bridgehead atoms. The van der Waals surface area contributed by atoms with E-state index in [1.807, 2.05) is 30.3 Å². The largest absolute Gasteiger partial charge is 0.481 e. The van der Waals surface area contributed by atoms with Crippen LogP contribution in [0, 0.1) is 0 Å². The quantitative estimate of drug-likeness (QED) is 0.649. The highest BCUT2D eigenvalue weighted by molar-refractivity contribution is 7.87. The average Bonchev–Trinajstić information content (AvgIpc) is 2.37. The van der Waals surface area contributed by atoms with Gasteiger partial charge in [-0.3, -0.25) is 4.79 Å². The molecule has 1 aromatic carbocycles. The second-order valence-corrected chi connectivity index (χ2v) is 5.80. The molecule has 106 valence electrons. The molecule has 0 heterocycles. The summed E-state index contributed by atoms with van der Waals surface area (Å²) in [6.07, 6.45) is 0.615. The van der Waals surface area contributed by atoms with Gasteiger partial charge in [-0.05, 0) is 18.4 Å². The molecular formula is C12H18N2O4S. The molecule has 0 spiro atoms. The summed E-state index contributed by atoms with van der Waals surface area (Å²) in [5, 5.41) is 8.69. The van der Waals surface area contributed by atoms with E-state index in [9.17, 15) is 13.2 Å². The van der Waals surface area contributed by atoms with Gasteiger partial charge in [-0.15, -0.1) is 0 Å². The van der Waals surface area contributed by atoms with Crippen molar-refractivity contribution in [2.75, 3.05) is 7.05 Å². The van der Waals surface area contributed by atoms with E-state index in [2.05, 4.69) is 9.44 Å². The summed E-state index contributed by atoms with van der Waals surface area (Å²) in [5.74, 6) is -0.943. The van der Waals surface area contributed by atoms with Gasteiger partial charge in [0.05, 0.1) is 0 Å². The van der Waals surface area contributed by atoms with Crippen molar-refractivity contribution in [3.05, 3.63) is 35.9 Å². The van der Waals surface area contributed by atoms with Crippen LogP contribution in [0.4, 0.5) is 0 Å². The number of carboxylic acid groups (broad SMARTS) is 1. The van der Waals surface area contributed by atoms with Gasteiger partial charge in [0.15, 0.2) is 0 Å². The molecule has 7 heteroatoms. The van der Waals surface area contributed by atoms with Crippen molar-refractivity contribution in [1.82, 2.24) is 9.44 Å². The van der Waals surface area contributed by atoms with Crippen LogP contribution in [-0.4, -0.2) is 32.6 Å². The number of carbonyl (C=O) groups is 1. The molecule has 0 aliphatic heterocycles. The second-order valence-electron chi connectivity index (χ2n) is 4.14. The normalized spacial score (nSPS) is 13.1. The van der Waals surface area contributed by atoms with Crippen LogP contribution in [0.15, 0.2) is 30.3 Å². The molecule has 1 atom stereocenters. The summed E-state index contributed by atoms with van der Waals surface area (Å²) in [7, 11) is -2.27. The maximum Gasteiger partial charge on any atom is 0.303 e. The van der Waals surface area contributed by atoms with Crippen molar-refractivity contribution in [2.45, 2.75) is 25.3 Å². The van der Waals surface area contributed by atoms with E-state index < -0.39 is 22.2 Å². The van der Waals surface area contributed by atoms with Crippen LogP contribution in [0.1, 0.15) is 18.4 Å². The highest BCUT2D eigenvalue weighted by Gasteiger charge is 2.17. The van der Waals surface area contributed by atoms with Crippen molar-refractivity contribution in [1.29, 1.82) is 0 Å². The Morgan fingerprint density at radius 1 is 1.32 bits per heavy atom. The zero-order valence-electron chi connectivity index (χ0n) is 10.7. The molecule has 3 N–H and O–H groups in total. The first-order chi connectivity index (χ1) is 8.93. The van der Waals surface area contributed by atoms with E-state index in [0.29, 0.717) is 6.42 Å². The molecule has 0 amide bonds. The Morgan fingerprint density at radius 3 is 2.47 bits per heavy atom. The summed E-state index contributed by atoms with van der Waals surface area (Å²) < 4.78 is 27.6. The van der Waals surface area contributed by atoms with E-state index >= 15 is 0 Å². The first-order valence-corrected chi connectivity index (χ1v) is 7.38. The lowest BCUT2D eigenvalue weighted by atomic mass is 10.0. The molecule has 0 aromatic heterocycles. The summed E-state index contributed by atoms with van der Waals surface area (Å²) in [4.78, 5) is 10.6. The van der Waals surface area contributed by atoms with E-state index in [1.165, 1.54) is 7.05 Å². The third-order valence-electron chi connectivity index (χ3n) is 2.62. The van der Waals surface area contributed by atoms with Crippen LogP contribution >= 0.6 is 0 Å². The van der Waals surface area contributed by atoms with Gasteiger partial charge in [0, 0.05) is 19.5 Å². The zero-order chi connectivity index (χ0) is 14.3. The Balaban J connectivity index is 2.71. The summed E-state index contributed by atoms with van der Waals surface area (Å²) in [5.41, 5.74) is 0.955. The first-order valence-electron chi connectivity index (χ1n) is 5.89. The van der Waals surface area contributed by atoms with Gasteiger partial charge in [-0.2, -0.15) is 13.1 Å². The average molecular weight is 286 g/mol. The number of rotatable bonds is 8. The predicted molar refractivity (Wildman–Crippen MR) is 71.9 cm³/mol. The first kappa shape index (κ1) is 15.6. The molecule has 0 fully saturated rings. The Morgan fingerprint density at radius 2 is 1.95 bits per heavy atom. The molecule has 6 nitrogen and oxygen atoms in total. The number of hydrogen-bond acceptors (Lipinski definition) is 3. The summed E-state index contributed by atoms with van der Waals surface area (Å²) >= 11 is 0. The lowest BCUT2D eigenvalue weighted by Crippen LogP contribution is -2.42. The Labute approximate surface area is 113 Å². The molecule has 1 unspecified atom stereocenters. The number of nitrogens with one attached hydrogen (secondary N) is 2. The predicted octanol–water partition coefficient (Wildman–Crippen LogP) is 0.516. The van der Waals surface area contributed by atoms with Crippen molar-refractivity contribution >= 4 is 16.2 Å². The van der Waals surface area contributed by atoms with Gasteiger partial charge in [0.1, 0.15) is 0 Å². The molecule has 1 aromatic rings. The van der Waals surface area contributed by atoms with Crippen LogP contribution in [0.2, 0.25) is 0 Å². The van der Waals surface area contributed by atoms with Crippen LogP contribution in [0.25, 0.3) is 0 Å². The van der Waals surface area contributed by atoms with Gasteiger partial charge in [0.2, 0.25) is 0 Å². The highest BCUT2D eigenvalue weighted by atomic mass is 32.2. The van der Waals surface area contributed by atoms with E-state index in [4.69, 9.17) is 5.11 Å². The van der Waals surface area contributed by atoms with Gasteiger partial charge in [0.25, 0.3) is 10.2 Å². The number of carboxylic acids is 1. The second kappa shape index (κ2) is 7.22. The van der Waals surface area contributed by atoms with E-state index in [1.54, 1.807) is 0 Å². The van der Waals surface area contributed by atoms with Gasteiger partial charge in [-0.1, -0.05) is 30.3 Å². The molecule has 0 aliphatic carbocycles. The highest BCUT2D eigenvalue weighted by Crippen LogP contribution is 2.08. The molecule has 0 saturated heterocycles. The van der Waals surface area contributed by atoms with Gasteiger partial charge in [-0.25, -0.2) is 4.72 Å². The topological polar surface area (TPSA) is 95.5 Å². The summed E-state index contributed by atoms with van der Waals surface area (Å²) in [6.45, 7) is 0. The molecule has 0 saturated carbocycles. The Kier molecular flexibility index (Phi) is 5.94. The van der Waals surface area contributed by atoms with Crippen LogP contribution in [0.5, 0.6) is 0 Å². The standard InChI is InChI=1S/C12H18N2O4S/c1-13-19(17,18)14-11(7-8-12(15)16)9-10-5-3-2-4-6-10/h2-6,11,13-14H,7-9H2,1H3,(H,15,16). The fourth-order valence-corrected chi connectivity index (χ4v) is 2.44. The molecular weight excluding hydrogens is 268 g/mol. The van der Waals surface area contributed by atoms with Crippen molar-refractivity contribution < 1.29 is 18.3 Å². The fourth-order valence-electron chi connectivity index (χ4n) is 1.68. The number of benzene rings is 1. The zero-order valence-corrected chi connectivity index (χ0v) is 11.5. The number of aliphatic carboxylic acids is 1. The van der Waals surface area contributed by atoms with Gasteiger partial charge >= 0.3 is 5.97 Å². The number of hydrogen-bond donors (Lipinski definition) is 3. The smallest absolute Gasteiger partial charge is 0.303 e. The third kappa shape index (κ3) is 6.32. The molecule has 0 aliphatic rings. The van der Waals surface area contributed by atoms with E-state index in [-0.39, 0.29) is 12.8 Å². The molecule has 0 radical (unpaired) electrons. The van der Waals surface area contributed by atoms with Crippen LogP contribution in [-0.2, 0) is 21.4 Å². The Bertz CT molecular complexity index is 502. The van der Waals surface area contributed by atoms with E-state index in [0.717, 1.165) is 5.56 Å².